The molecule has 1 saturated carbocycles. The predicted molar refractivity (Wildman–Crippen MR) is 41.9 cm³/mol. The van der Waals surface area contributed by atoms with Crippen LogP contribution in [0, 0.1) is 5.41 Å². The van der Waals surface area contributed by atoms with Crippen LogP contribution in [0.2, 0.25) is 0 Å². The molecular formula is C8H15Cl. The minimum absolute atomic E-state index is 0.403. The lowest BCUT2D eigenvalue weighted by Gasteiger charge is -2.34. The molecular weight excluding hydrogens is 132 g/mol. The SMILES string of the molecule is CC1(C)CCCC[C@H]1Cl. The maximum Gasteiger partial charge on any atom is 0.0387 e. The quantitative estimate of drug-likeness (QED) is 0.461. The third-order valence-electron chi connectivity index (χ3n) is 2.38. The topological polar surface area (TPSA) is 0 Å². The van der Waals surface area contributed by atoms with Crippen LogP contribution in [0.4, 0.5) is 0 Å². The van der Waals surface area contributed by atoms with Gasteiger partial charge in [-0.15, -0.1) is 11.6 Å². The van der Waals surface area contributed by atoms with Crippen LogP contribution in [0.25, 0.3) is 0 Å². The van der Waals surface area contributed by atoms with Crippen LogP contribution in [-0.4, -0.2) is 5.38 Å². The standard InChI is InChI=1S/C8H15Cl/c1-8(2)6-4-3-5-7(8)9/h7H,3-6H2,1-2H3/t7-/m1/s1. The fourth-order valence-corrected chi connectivity index (χ4v) is 1.71. The van der Waals surface area contributed by atoms with Gasteiger partial charge < -0.3 is 0 Å². The Morgan fingerprint density at radius 2 is 2.00 bits per heavy atom. The van der Waals surface area contributed by atoms with Gasteiger partial charge in [-0.3, -0.25) is 0 Å². The molecule has 1 fully saturated rings. The van der Waals surface area contributed by atoms with E-state index in [1.807, 2.05) is 0 Å². The molecule has 0 nitrogen and oxygen atoms in total. The van der Waals surface area contributed by atoms with Crippen LogP contribution in [0.3, 0.4) is 0 Å². The maximum absolute atomic E-state index is 6.11. The summed E-state index contributed by atoms with van der Waals surface area (Å²) in [5.74, 6) is 0. The van der Waals surface area contributed by atoms with Gasteiger partial charge in [-0.05, 0) is 18.3 Å². The third-order valence-corrected chi connectivity index (χ3v) is 3.19. The average Bonchev–Trinajstić information content (AvgIpc) is 1.77. The molecule has 0 aromatic carbocycles. The second kappa shape index (κ2) is 2.49. The Hall–Kier alpha value is 0.290. The molecule has 0 unspecified atom stereocenters. The summed E-state index contributed by atoms with van der Waals surface area (Å²) in [7, 11) is 0. The van der Waals surface area contributed by atoms with Crippen molar-refractivity contribution in [2.24, 2.45) is 5.41 Å². The fraction of sp³-hybridized carbons (Fsp3) is 1.00. The van der Waals surface area contributed by atoms with Crippen LogP contribution in [0.5, 0.6) is 0 Å². The highest BCUT2D eigenvalue weighted by atomic mass is 35.5. The van der Waals surface area contributed by atoms with Gasteiger partial charge in [0.05, 0.1) is 0 Å². The summed E-state index contributed by atoms with van der Waals surface area (Å²) in [5.41, 5.74) is 0.403. The van der Waals surface area contributed by atoms with Gasteiger partial charge in [-0.1, -0.05) is 26.7 Å². The average molecular weight is 147 g/mol. The molecule has 0 aliphatic heterocycles. The van der Waals surface area contributed by atoms with E-state index in [-0.39, 0.29) is 0 Å². The van der Waals surface area contributed by atoms with E-state index in [0.29, 0.717) is 10.8 Å². The molecule has 0 bridgehead atoms. The molecule has 0 heterocycles. The Kier molecular flexibility index (Phi) is 2.05. The summed E-state index contributed by atoms with van der Waals surface area (Å²) < 4.78 is 0. The monoisotopic (exact) mass is 146 g/mol. The number of alkyl halides is 1. The van der Waals surface area contributed by atoms with Gasteiger partial charge in [0.15, 0.2) is 0 Å². The number of hydrogen-bond acceptors (Lipinski definition) is 0. The zero-order valence-corrected chi connectivity index (χ0v) is 7.04. The van der Waals surface area contributed by atoms with Crippen molar-refractivity contribution in [3.63, 3.8) is 0 Å². The van der Waals surface area contributed by atoms with E-state index in [4.69, 9.17) is 11.6 Å². The lowest BCUT2D eigenvalue weighted by atomic mass is 9.77. The van der Waals surface area contributed by atoms with Gasteiger partial charge in [0, 0.05) is 5.38 Å². The van der Waals surface area contributed by atoms with Crippen LogP contribution in [0.1, 0.15) is 39.5 Å². The molecule has 0 radical (unpaired) electrons. The van der Waals surface area contributed by atoms with E-state index in [1.54, 1.807) is 0 Å². The molecule has 1 aliphatic carbocycles. The van der Waals surface area contributed by atoms with Gasteiger partial charge in [-0.25, -0.2) is 0 Å². The maximum atomic E-state index is 6.11. The summed E-state index contributed by atoms with van der Waals surface area (Å²) in [6, 6.07) is 0. The van der Waals surface area contributed by atoms with E-state index < -0.39 is 0 Å². The molecule has 1 heteroatoms. The predicted octanol–water partition coefficient (Wildman–Crippen LogP) is 3.19. The number of halogens is 1. The Bertz CT molecular complexity index is 96.7. The molecule has 0 aromatic rings. The first kappa shape index (κ1) is 7.40. The first-order valence-electron chi connectivity index (χ1n) is 3.77. The Balaban J connectivity index is 2.49. The first-order chi connectivity index (χ1) is 4.13. The number of hydrogen-bond donors (Lipinski definition) is 0. The lowest BCUT2D eigenvalue weighted by Crippen LogP contribution is -2.28. The smallest absolute Gasteiger partial charge is 0.0387 e. The summed E-state index contributed by atoms with van der Waals surface area (Å²) in [6.07, 6.45) is 5.23. The van der Waals surface area contributed by atoms with E-state index in [0.717, 1.165) is 0 Å². The molecule has 1 aliphatic rings. The number of rotatable bonds is 0. The Morgan fingerprint density at radius 3 is 2.33 bits per heavy atom. The second-order valence-corrected chi connectivity index (χ2v) is 4.23. The zero-order valence-electron chi connectivity index (χ0n) is 6.28. The summed E-state index contributed by atoms with van der Waals surface area (Å²) in [4.78, 5) is 0. The molecule has 1 rings (SSSR count). The van der Waals surface area contributed by atoms with Crippen molar-refractivity contribution >= 4 is 11.6 Å². The summed E-state index contributed by atoms with van der Waals surface area (Å²) in [5, 5.41) is 0.422. The van der Waals surface area contributed by atoms with Crippen molar-refractivity contribution in [1.29, 1.82) is 0 Å². The largest absolute Gasteiger partial charge is 0.122 e. The normalized spacial score (nSPS) is 34.3. The molecule has 0 aromatic heterocycles. The van der Waals surface area contributed by atoms with Gasteiger partial charge in [-0.2, -0.15) is 0 Å². The van der Waals surface area contributed by atoms with E-state index in [1.165, 1.54) is 25.7 Å². The molecule has 0 amide bonds. The summed E-state index contributed by atoms with van der Waals surface area (Å²) in [6.45, 7) is 4.54. The highest BCUT2D eigenvalue weighted by Gasteiger charge is 2.29. The second-order valence-electron chi connectivity index (χ2n) is 3.70. The van der Waals surface area contributed by atoms with Gasteiger partial charge >= 0.3 is 0 Å². The molecule has 0 saturated heterocycles. The van der Waals surface area contributed by atoms with Crippen molar-refractivity contribution in [3.8, 4) is 0 Å². The van der Waals surface area contributed by atoms with Crippen LogP contribution in [-0.2, 0) is 0 Å². The van der Waals surface area contributed by atoms with Crippen molar-refractivity contribution in [2.75, 3.05) is 0 Å². The molecule has 1 atom stereocenters. The van der Waals surface area contributed by atoms with Crippen molar-refractivity contribution in [2.45, 2.75) is 44.9 Å². The van der Waals surface area contributed by atoms with Crippen molar-refractivity contribution in [1.82, 2.24) is 0 Å². The molecule has 0 N–H and O–H groups in total. The van der Waals surface area contributed by atoms with Gasteiger partial charge in [0.25, 0.3) is 0 Å². The molecule has 9 heavy (non-hydrogen) atoms. The highest BCUT2D eigenvalue weighted by molar-refractivity contribution is 6.21. The van der Waals surface area contributed by atoms with Crippen molar-refractivity contribution < 1.29 is 0 Å². The minimum Gasteiger partial charge on any atom is -0.122 e. The van der Waals surface area contributed by atoms with Crippen LogP contribution in [0.15, 0.2) is 0 Å². The lowest BCUT2D eigenvalue weighted by molar-refractivity contribution is 0.252. The van der Waals surface area contributed by atoms with Crippen LogP contribution >= 0.6 is 11.6 Å². The van der Waals surface area contributed by atoms with E-state index in [2.05, 4.69) is 13.8 Å². The van der Waals surface area contributed by atoms with Gasteiger partial charge in [0.1, 0.15) is 0 Å². The third kappa shape index (κ3) is 1.61. The van der Waals surface area contributed by atoms with Crippen molar-refractivity contribution in [3.05, 3.63) is 0 Å². The minimum atomic E-state index is 0.403. The van der Waals surface area contributed by atoms with Crippen LogP contribution < -0.4 is 0 Å². The fourth-order valence-electron chi connectivity index (χ4n) is 1.45. The molecule has 54 valence electrons. The highest BCUT2D eigenvalue weighted by Crippen LogP contribution is 2.38. The first-order valence-corrected chi connectivity index (χ1v) is 4.21. The Labute approximate surface area is 62.6 Å². The Morgan fingerprint density at radius 1 is 1.33 bits per heavy atom. The summed E-state index contributed by atoms with van der Waals surface area (Å²) >= 11 is 6.11. The zero-order chi connectivity index (χ0) is 6.91. The molecule has 0 spiro atoms. The van der Waals surface area contributed by atoms with Gasteiger partial charge in [0.2, 0.25) is 0 Å². The van der Waals surface area contributed by atoms with E-state index in [9.17, 15) is 0 Å². The van der Waals surface area contributed by atoms with E-state index >= 15 is 0 Å².